The number of aliphatic hydroxyl groups excluding tert-OH is 1. The Hall–Kier alpha value is -1.33. The minimum Gasteiger partial charge on any atom is -0.393 e. The molecule has 0 unspecified atom stereocenters. The zero-order valence-corrected chi connectivity index (χ0v) is 10.7. The fraction of sp³-hybridized carbons (Fsp3) is 0.500. The van der Waals surface area contributed by atoms with Crippen molar-refractivity contribution in [2.24, 2.45) is 5.73 Å². The van der Waals surface area contributed by atoms with E-state index in [0.29, 0.717) is 16.4 Å². The number of aromatic nitrogens is 1. The van der Waals surface area contributed by atoms with Crippen LogP contribution >= 0.6 is 11.6 Å². The first-order valence-corrected chi connectivity index (χ1v) is 6.34. The van der Waals surface area contributed by atoms with Crippen LogP contribution in [0.3, 0.4) is 0 Å². The number of carbonyl (C=O) groups excluding carboxylic acids is 1. The molecule has 2 rings (SSSR count). The molecule has 0 radical (unpaired) electrons. The van der Waals surface area contributed by atoms with Crippen molar-refractivity contribution in [1.29, 1.82) is 0 Å². The fourth-order valence-electron chi connectivity index (χ4n) is 2.19. The molecule has 1 saturated carbocycles. The number of halogens is 1. The van der Waals surface area contributed by atoms with Crippen molar-refractivity contribution in [2.75, 3.05) is 5.32 Å². The van der Waals surface area contributed by atoms with Gasteiger partial charge in [0.2, 0.25) is 0 Å². The molecule has 4 N–H and O–H groups in total. The lowest BCUT2D eigenvalue weighted by molar-refractivity contribution is 0.1000. The van der Waals surface area contributed by atoms with Gasteiger partial charge in [-0.15, -0.1) is 0 Å². The molecule has 98 valence electrons. The van der Waals surface area contributed by atoms with Crippen LogP contribution in [0.2, 0.25) is 5.15 Å². The maximum atomic E-state index is 11.3. The van der Waals surface area contributed by atoms with Gasteiger partial charge in [0, 0.05) is 12.2 Å². The second-order valence-corrected chi connectivity index (χ2v) is 4.95. The number of hydrogen-bond acceptors (Lipinski definition) is 4. The molecule has 0 aliphatic heterocycles. The quantitative estimate of drug-likeness (QED) is 0.727. The molecule has 18 heavy (non-hydrogen) atoms. The highest BCUT2D eigenvalue weighted by molar-refractivity contribution is 6.29. The van der Waals surface area contributed by atoms with E-state index >= 15 is 0 Å². The van der Waals surface area contributed by atoms with Gasteiger partial charge >= 0.3 is 0 Å². The molecule has 1 aliphatic carbocycles. The number of pyridine rings is 1. The van der Waals surface area contributed by atoms with Crippen LogP contribution in [-0.4, -0.2) is 28.1 Å². The van der Waals surface area contributed by atoms with E-state index in [2.05, 4.69) is 10.3 Å². The maximum absolute atomic E-state index is 11.3. The largest absolute Gasteiger partial charge is 0.393 e. The second-order valence-electron chi connectivity index (χ2n) is 4.57. The molecule has 6 heteroatoms. The summed E-state index contributed by atoms with van der Waals surface area (Å²) in [5.74, 6) is -0.530. The van der Waals surface area contributed by atoms with Crippen LogP contribution in [0.25, 0.3) is 0 Å². The van der Waals surface area contributed by atoms with Crippen LogP contribution in [0, 0.1) is 0 Å². The third-order valence-corrected chi connectivity index (χ3v) is 3.40. The number of aliphatic hydroxyl groups is 1. The number of rotatable bonds is 3. The summed E-state index contributed by atoms with van der Waals surface area (Å²) >= 11 is 5.82. The Kier molecular flexibility index (Phi) is 4.04. The van der Waals surface area contributed by atoms with Gasteiger partial charge in [-0.3, -0.25) is 4.79 Å². The van der Waals surface area contributed by atoms with Gasteiger partial charge < -0.3 is 16.2 Å². The molecule has 5 nitrogen and oxygen atoms in total. The van der Waals surface area contributed by atoms with E-state index in [0.717, 1.165) is 25.7 Å². The number of primary amides is 1. The summed E-state index contributed by atoms with van der Waals surface area (Å²) in [6, 6.07) is 1.83. The summed E-state index contributed by atoms with van der Waals surface area (Å²) in [7, 11) is 0. The smallest absolute Gasteiger partial charge is 0.252 e. The first-order chi connectivity index (χ1) is 8.56. The molecule has 0 aromatic carbocycles. The summed E-state index contributed by atoms with van der Waals surface area (Å²) in [6.07, 6.45) is 4.42. The first kappa shape index (κ1) is 13.1. The number of nitrogens with two attached hydrogens (primary N) is 1. The fourth-order valence-corrected chi connectivity index (χ4v) is 2.34. The molecule has 1 aromatic heterocycles. The van der Waals surface area contributed by atoms with Crippen molar-refractivity contribution in [3.8, 4) is 0 Å². The predicted octanol–water partition coefficient (Wildman–Crippen LogP) is 1.55. The molecule has 1 amide bonds. The van der Waals surface area contributed by atoms with Crippen molar-refractivity contribution < 1.29 is 9.90 Å². The van der Waals surface area contributed by atoms with Crippen molar-refractivity contribution in [1.82, 2.24) is 4.98 Å². The number of carbonyl (C=O) groups is 1. The highest BCUT2D eigenvalue weighted by Crippen LogP contribution is 2.25. The molecule has 1 heterocycles. The standard InChI is InChI=1S/C12H16ClN3O2/c13-11-5-10(9(6-15-11)12(14)18)16-7-1-3-8(17)4-2-7/h5-8,17H,1-4H2,(H2,14,18)(H,15,16)/t7-,8+. The number of hydrogen-bond donors (Lipinski definition) is 3. The highest BCUT2D eigenvalue weighted by Gasteiger charge is 2.20. The van der Waals surface area contributed by atoms with Gasteiger partial charge in [0.15, 0.2) is 0 Å². The second kappa shape index (κ2) is 5.54. The van der Waals surface area contributed by atoms with Crippen LogP contribution in [0.5, 0.6) is 0 Å². The minimum absolute atomic E-state index is 0.209. The van der Waals surface area contributed by atoms with Crippen molar-refractivity contribution in [2.45, 2.75) is 37.8 Å². The van der Waals surface area contributed by atoms with E-state index in [9.17, 15) is 9.90 Å². The summed E-state index contributed by atoms with van der Waals surface area (Å²) in [4.78, 5) is 15.1. The Balaban J connectivity index is 2.12. The minimum atomic E-state index is -0.530. The van der Waals surface area contributed by atoms with Crippen LogP contribution in [0.1, 0.15) is 36.0 Å². The van der Waals surface area contributed by atoms with E-state index in [1.807, 2.05) is 0 Å². The van der Waals surface area contributed by atoms with Gasteiger partial charge in [-0.05, 0) is 31.7 Å². The van der Waals surface area contributed by atoms with Gasteiger partial charge in [0.05, 0.1) is 17.4 Å². The summed E-state index contributed by atoms with van der Waals surface area (Å²) in [5, 5.41) is 13.0. The highest BCUT2D eigenvalue weighted by atomic mass is 35.5. The summed E-state index contributed by atoms with van der Waals surface area (Å²) < 4.78 is 0. The number of anilines is 1. The molecule has 1 fully saturated rings. The normalized spacial score (nSPS) is 23.7. The molecule has 0 bridgehead atoms. The van der Waals surface area contributed by atoms with E-state index in [1.165, 1.54) is 6.20 Å². The van der Waals surface area contributed by atoms with Crippen LogP contribution in [0.15, 0.2) is 12.3 Å². The molecule has 0 atom stereocenters. The van der Waals surface area contributed by atoms with Gasteiger partial charge in [0.25, 0.3) is 5.91 Å². The lowest BCUT2D eigenvalue weighted by Crippen LogP contribution is -2.29. The first-order valence-electron chi connectivity index (χ1n) is 5.96. The van der Waals surface area contributed by atoms with Crippen molar-refractivity contribution in [3.63, 3.8) is 0 Å². The Bertz CT molecular complexity index is 445. The summed E-state index contributed by atoms with van der Waals surface area (Å²) in [6.45, 7) is 0. The van der Waals surface area contributed by atoms with Gasteiger partial charge in [-0.2, -0.15) is 0 Å². The van der Waals surface area contributed by atoms with E-state index in [4.69, 9.17) is 17.3 Å². The average molecular weight is 270 g/mol. The SMILES string of the molecule is NC(=O)c1cnc(Cl)cc1N[C@H]1CC[C@@H](O)CC1. The predicted molar refractivity (Wildman–Crippen MR) is 69.7 cm³/mol. The average Bonchev–Trinajstić information content (AvgIpc) is 2.32. The van der Waals surface area contributed by atoms with Crippen LogP contribution in [-0.2, 0) is 0 Å². The van der Waals surface area contributed by atoms with E-state index < -0.39 is 5.91 Å². The van der Waals surface area contributed by atoms with Crippen LogP contribution < -0.4 is 11.1 Å². The van der Waals surface area contributed by atoms with E-state index in [1.54, 1.807) is 6.07 Å². The van der Waals surface area contributed by atoms with Crippen molar-refractivity contribution >= 4 is 23.2 Å². The molecule has 0 saturated heterocycles. The Morgan fingerprint density at radius 2 is 2.11 bits per heavy atom. The molecular weight excluding hydrogens is 254 g/mol. The third kappa shape index (κ3) is 3.11. The zero-order chi connectivity index (χ0) is 13.1. The monoisotopic (exact) mass is 269 g/mol. The maximum Gasteiger partial charge on any atom is 0.252 e. The lowest BCUT2D eigenvalue weighted by atomic mass is 9.93. The third-order valence-electron chi connectivity index (χ3n) is 3.19. The molecule has 1 aliphatic rings. The number of nitrogens with one attached hydrogen (secondary N) is 1. The molecule has 0 spiro atoms. The molecule has 1 aromatic rings. The Labute approximate surface area is 110 Å². The zero-order valence-electron chi connectivity index (χ0n) is 9.90. The van der Waals surface area contributed by atoms with Crippen molar-refractivity contribution in [3.05, 3.63) is 23.0 Å². The number of amides is 1. The van der Waals surface area contributed by atoms with Gasteiger partial charge in [-0.25, -0.2) is 4.98 Å². The van der Waals surface area contributed by atoms with Gasteiger partial charge in [-0.1, -0.05) is 11.6 Å². The topological polar surface area (TPSA) is 88.2 Å². The number of nitrogens with zero attached hydrogens (tertiary/aromatic N) is 1. The Morgan fingerprint density at radius 3 is 2.72 bits per heavy atom. The summed E-state index contributed by atoms with van der Waals surface area (Å²) in [5.41, 5.74) is 6.24. The van der Waals surface area contributed by atoms with Crippen LogP contribution in [0.4, 0.5) is 5.69 Å². The van der Waals surface area contributed by atoms with Gasteiger partial charge in [0.1, 0.15) is 5.15 Å². The van der Waals surface area contributed by atoms with E-state index in [-0.39, 0.29) is 12.1 Å². The molecular formula is C12H16ClN3O2. The lowest BCUT2D eigenvalue weighted by Gasteiger charge is -2.27. The Morgan fingerprint density at radius 1 is 1.44 bits per heavy atom.